The van der Waals surface area contributed by atoms with Crippen LogP contribution in [0.2, 0.25) is 0 Å². The van der Waals surface area contributed by atoms with Crippen molar-refractivity contribution in [3.8, 4) is 0 Å². The molecule has 0 atom stereocenters. The Morgan fingerprint density at radius 1 is 1.54 bits per heavy atom. The largest absolute Gasteiger partial charge is 0.388 e. The van der Waals surface area contributed by atoms with Gasteiger partial charge >= 0.3 is 0 Å². The van der Waals surface area contributed by atoms with Crippen molar-refractivity contribution in [2.75, 3.05) is 0 Å². The molecule has 1 heterocycles. The van der Waals surface area contributed by atoms with E-state index in [0.29, 0.717) is 4.99 Å². The van der Waals surface area contributed by atoms with Crippen LogP contribution in [0, 0.1) is 0 Å². The van der Waals surface area contributed by atoms with Crippen molar-refractivity contribution in [2.45, 2.75) is 26.2 Å². The van der Waals surface area contributed by atoms with Gasteiger partial charge in [0.2, 0.25) is 0 Å². The molecule has 0 bridgehead atoms. The number of rotatable bonds is 1. The molecule has 0 saturated carbocycles. The van der Waals surface area contributed by atoms with Crippen LogP contribution < -0.4 is 5.73 Å². The topological polar surface area (TPSA) is 43.8 Å². The molecule has 3 nitrogen and oxygen atoms in total. The Kier molecular flexibility index (Phi) is 2.43. The van der Waals surface area contributed by atoms with Gasteiger partial charge in [-0.3, -0.25) is 4.68 Å². The predicted octanol–water partition coefficient (Wildman–Crippen LogP) is 1.35. The fourth-order valence-electron chi connectivity index (χ4n) is 1.06. The molecule has 2 N–H and O–H groups in total. The Bertz CT molecular complexity index is 333. The van der Waals surface area contributed by atoms with E-state index >= 15 is 0 Å². The molecule has 0 aromatic carbocycles. The monoisotopic (exact) mass is 197 g/mol. The average molecular weight is 197 g/mol. The summed E-state index contributed by atoms with van der Waals surface area (Å²) in [6, 6.07) is 1.95. The zero-order valence-corrected chi connectivity index (χ0v) is 9.27. The minimum atomic E-state index is 0.0425. The molecule has 1 aromatic rings. The Balaban J connectivity index is 3.17. The van der Waals surface area contributed by atoms with Crippen molar-refractivity contribution in [1.29, 1.82) is 0 Å². The first-order valence-electron chi connectivity index (χ1n) is 4.16. The SMILES string of the molecule is Cn1nc(C(C)(C)C)cc1C(N)=S. The number of hydrogen-bond donors (Lipinski definition) is 1. The summed E-state index contributed by atoms with van der Waals surface area (Å²) < 4.78 is 1.73. The lowest BCUT2D eigenvalue weighted by Crippen LogP contribution is -2.14. The second kappa shape index (κ2) is 3.10. The van der Waals surface area contributed by atoms with Crippen molar-refractivity contribution in [3.05, 3.63) is 17.5 Å². The molecule has 1 aromatic heterocycles. The number of nitrogens with two attached hydrogens (primary N) is 1. The minimum Gasteiger partial charge on any atom is -0.388 e. The first-order chi connectivity index (χ1) is 5.82. The summed E-state index contributed by atoms with van der Waals surface area (Å²) in [5.41, 5.74) is 7.42. The molecule has 0 saturated heterocycles. The van der Waals surface area contributed by atoms with Crippen LogP contribution in [0.4, 0.5) is 0 Å². The van der Waals surface area contributed by atoms with E-state index in [1.807, 2.05) is 13.1 Å². The summed E-state index contributed by atoms with van der Waals surface area (Å²) in [6.07, 6.45) is 0. The zero-order valence-electron chi connectivity index (χ0n) is 8.46. The first kappa shape index (κ1) is 10.2. The maximum Gasteiger partial charge on any atom is 0.122 e. The summed E-state index contributed by atoms with van der Waals surface area (Å²) in [7, 11) is 1.85. The van der Waals surface area contributed by atoms with Crippen molar-refractivity contribution in [3.63, 3.8) is 0 Å². The molecule has 72 valence electrons. The highest BCUT2D eigenvalue weighted by molar-refractivity contribution is 7.80. The first-order valence-corrected chi connectivity index (χ1v) is 4.57. The van der Waals surface area contributed by atoms with Crippen molar-refractivity contribution >= 4 is 17.2 Å². The maximum atomic E-state index is 5.54. The fourth-order valence-corrected chi connectivity index (χ4v) is 1.26. The van der Waals surface area contributed by atoms with E-state index in [-0.39, 0.29) is 5.41 Å². The summed E-state index contributed by atoms with van der Waals surface area (Å²) >= 11 is 4.90. The standard InChI is InChI=1S/C9H15N3S/c1-9(2,3)7-5-6(8(10)13)12(4)11-7/h5H,1-4H3,(H2,10,13). The second-order valence-electron chi connectivity index (χ2n) is 4.15. The van der Waals surface area contributed by atoms with Crippen LogP contribution in [-0.4, -0.2) is 14.8 Å². The molecule has 0 amide bonds. The highest BCUT2D eigenvalue weighted by atomic mass is 32.1. The van der Waals surface area contributed by atoms with Crippen LogP contribution in [-0.2, 0) is 12.5 Å². The van der Waals surface area contributed by atoms with E-state index < -0.39 is 0 Å². The van der Waals surface area contributed by atoms with Gasteiger partial charge in [-0.05, 0) is 6.07 Å². The molecule has 13 heavy (non-hydrogen) atoms. The predicted molar refractivity (Wildman–Crippen MR) is 57.8 cm³/mol. The van der Waals surface area contributed by atoms with Gasteiger partial charge in [0.1, 0.15) is 4.99 Å². The van der Waals surface area contributed by atoms with E-state index in [1.54, 1.807) is 4.68 Å². The molecule has 0 radical (unpaired) electrons. The fraction of sp³-hybridized carbons (Fsp3) is 0.556. The van der Waals surface area contributed by atoms with Gasteiger partial charge in [-0.1, -0.05) is 33.0 Å². The summed E-state index contributed by atoms with van der Waals surface area (Å²) in [6.45, 7) is 6.33. The molecule has 0 unspecified atom stereocenters. The van der Waals surface area contributed by atoms with Crippen LogP contribution in [0.3, 0.4) is 0 Å². The minimum absolute atomic E-state index is 0.0425. The number of nitrogens with zero attached hydrogens (tertiary/aromatic N) is 2. The van der Waals surface area contributed by atoms with Gasteiger partial charge in [0.25, 0.3) is 0 Å². The van der Waals surface area contributed by atoms with Gasteiger partial charge in [-0.15, -0.1) is 0 Å². The summed E-state index contributed by atoms with van der Waals surface area (Å²) in [5, 5.41) is 4.35. The van der Waals surface area contributed by atoms with Crippen LogP contribution >= 0.6 is 12.2 Å². The van der Waals surface area contributed by atoms with Gasteiger partial charge in [0, 0.05) is 12.5 Å². The molecule has 1 rings (SSSR count). The third-order valence-electron chi connectivity index (χ3n) is 1.90. The van der Waals surface area contributed by atoms with Crippen molar-refractivity contribution in [2.24, 2.45) is 12.8 Å². The highest BCUT2D eigenvalue weighted by Gasteiger charge is 2.19. The Labute approximate surface area is 83.9 Å². The van der Waals surface area contributed by atoms with E-state index in [4.69, 9.17) is 18.0 Å². The second-order valence-corrected chi connectivity index (χ2v) is 4.59. The number of aryl methyl sites for hydroxylation is 1. The molecule has 0 fully saturated rings. The lowest BCUT2D eigenvalue weighted by Gasteiger charge is -2.13. The molecule has 0 aliphatic rings. The van der Waals surface area contributed by atoms with Crippen LogP contribution in [0.1, 0.15) is 32.2 Å². The van der Waals surface area contributed by atoms with Gasteiger partial charge < -0.3 is 5.73 Å². The zero-order chi connectivity index (χ0) is 10.2. The van der Waals surface area contributed by atoms with Gasteiger partial charge in [-0.25, -0.2) is 0 Å². The molecule has 0 aliphatic carbocycles. The van der Waals surface area contributed by atoms with Gasteiger partial charge in [-0.2, -0.15) is 5.10 Å². The smallest absolute Gasteiger partial charge is 0.122 e. The third-order valence-corrected chi connectivity index (χ3v) is 2.11. The van der Waals surface area contributed by atoms with Crippen LogP contribution in [0.5, 0.6) is 0 Å². The maximum absolute atomic E-state index is 5.54. The Morgan fingerprint density at radius 2 is 2.08 bits per heavy atom. The quantitative estimate of drug-likeness (QED) is 0.691. The van der Waals surface area contributed by atoms with Gasteiger partial charge in [0.05, 0.1) is 11.4 Å². The van der Waals surface area contributed by atoms with Gasteiger partial charge in [0.15, 0.2) is 0 Å². The Morgan fingerprint density at radius 3 is 2.31 bits per heavy atom. The molecular weight excluding hydrogens is 182 g/mol. The molecule has 4 heteroatoms. The summed E-state index contributed by atoms with van der Waals surface area (Å²) in [5.74, 6) is 0. The number of thiocarbonyl (C=S) groups is 1. The number of hydrogen-bond acceptors (Lipinski definition) is 2. The lowest BCUT2D eigenvalue weighted by molar-refractivity contribution is 0.553. The van der Waals surface area contributed by atoms with E-state index in [1.165, 1.54) is 0 Å². The van der Waals surface area contributed by atoms with Crippen molar-refractivity contribution < 1.29 is 0 Å². The van der Waals surface area contributed by atoms with Crippen molar-refractivity contribution in [1.82, 2.24) is 9.78 Å². The Hall–Kier alpha value is -0.900. The average Bonchev–Trinajstić information content (AvgIpc) is 2.29. The van der Waals surface area contributed by atoms with E-state index in [2.05, 4.69) is 25.9 Å². The van der Waals surface area contributed by atoms with E-state index in [9.17, 15) is 0 Å². The molecular formula is C9H15N3S. The molecule has 0 spiro atoms. The summed E-state index contributed by atoms with van der Waals surface area (Å²) in [4.78, 5) is 0.394. The number of aromatic nitrogens is 2. The van der Waals surface area contributed by atoms with E-state index in [0.717, 1.165) is 11.4 Å². The van der Waals surface area contributed by atoms with Crippen LogP contribution in [0.15, 0.2) is 6.07 Å². The molecule has 0 aliphatic heterocycles. The lowest BCUT2D eigenvalue weighted by atomic mass is 9.92. The normalized spacial score (nSPS) is 11.7. The highest BCUT2D eigenvalue weighted by Crippen LogP contribution is 2.21. The third kappa shape index (κ3) is 2.06. The van der Waals surface area contributed by atoms with Crippen LogP contribution in [0.25, 0.3) is 0 Å².